The number of hydrogen-bond acceptors (Lipinski definition) is 7. The van der Waals surface area contributed by atoms with Crippen molar-refractivity contribution in [3.05, 3.63) is 55.0 Å². The Morgan fingerprint density at radius 3 is 2.69 bits per heavy atom. The Morgan fingerprint density at radius 1 is 1.09 bits per heavy atom. The maximum Gasteiger partial charge on any atom is 0.329 e. The van der Waals surface area contributed by atoms with Crippen molar-refractivity contribution in [3.8, 4) is 11.3 Å². The minimum absolute atomic E-state index is 0.0187. The molecule has 1 saturated heterocycles. The number of ether oxygens (including phenoxy) is 1. The number of carbonyl (C=O) groups is 1. The summed E-state index contributed by atoms with van der Waals surface area (Å²) < 4.78 is 5.49. The zero-order valence-corrected chi connectivity index (χ0v) is 19.8. The Morgan fingerprint density at radius 2 is 1.91 bits per heavy atom. The molecule has 2 aromatic heterocycles. The molecule has 0 atom stereocenters. The van der Waals surface area contributed by atoms with Crippen molar-refractivity contribution >= 4 is 29.0 Å². The fourth-order valence-corrected chi connectivity index (χ4v) is 4.80. The summed E-state index contributed by atoms with van der Waals surface area (Å²) in [6.45, 7) is 3.18. The molecule has 1 saturated carbocycles. The molecule has 0 radical (unpaired) electrons. The van der Waals surface area contributed by atoms with Crippen LogP contribution in [0.25, 0.3) is 11.3 Å². The molecule has 9 nitrogen and oxygen atoms in total. The van der Waals surface area contributed by atoms with Gasteiger partial charge in [-0.05, 0) is 37.1 Å². The number of aromatic nitrogens is 3. The number of nitrogens with two attached hydrogens (primary N) is 1. The van der Waals surface area contributed by atoms with E-state index in [-0.39, 0.29) is 12.1 Å². The van der Waals surface area contributed by atoms with Gasteiger partial charge in [0.2, 0.25) is 0 Å². The number of amides is 2. The van der Waals surface area contributed by atoms with Gasteiger partial charge in [-0.3, -0.25) is 15.2 Å². The third-order valence-electron chi connectivity index (χ3n) is 6.61. The molecular weight excluding hydrogens is 442 g/mol. The first-order chi connectivity index (χ1) is 17.2. The van der Waals surface area contributed by atoms with Crippen LogP contribution in [0, 0.1) is 0 Å². The SMILES string of the molecule is Nc1ccc(-c2cccc(N3CCOCC3)c2)nc1N(C(=O)Nc1cnccn1)C1CCCCC1. The number of anilines is 4. The van der Waals surface area contributed by atoms with Crippen LogP contribution in [0.1, 0.15) is 32.1 Å². The summed E-state index contributed by atoms with van der Waals surface area (Å²) in [6.07, 6.45) is 9.78. The lowest BCUT2D eigenvalue weighted by Crippen LogP contribution is -2.45. The van der Waals surface area contributed by atoms with Crippen molar-refractivity contribution in [2.75, 3.05) is 47.2 Å². The summed E-state index contributed by atoms with van der Waals surface area (Å²) in [4.78, 5) is 30.7. The van der Waals surface area contributed by atoms with Gasteiger partial charge in [0.15, 0.2) is 11.6 Å². The van der Waals surface area contributed by atoms with Gasteiger partial charge in [0.25, 0.3) is 0 Å². The third kappa shape index (κ3) is 5.35. The average molecular weight is 474 g/mol. The maximum atomic E-state index is 13.5. The molecule has 1 aliphatic carbocycles. The van der Waals surface area contributed by atoms with Gasteiger partial charge >= 0.3 is 6.03 Å². The summed E-state index contributed by atoms with van der Waals surface area (Å²) >= 11 is 0. The monoisotopic (exact) mass is 473 g/mol. The van der Waals surface area contributed by atoms with Crippen molar-refractivity contribution in [2.24, 2.45) is 0 Å². The van der Waals surface area contributed by atoms with E-state index < -0.39 is 0 Å². The summed E-state index contributed by atoms with van der Waals surface area (Å²) in [7, 11) is 0. The smallest absolute Gasteiger partial charge is 0.329 e. The van der Waals surface area contributed by atoms with E-state index in [1.807, 2.05) is 24.3 Å². The molecule has 2 amide bonds. The minimum atomic E-state index is -0.296. The maximum absolute atomic E-state index is 13.5. The van der Waals surface area contributed by atoms with Crippen molar-refractivity contribution in [1.82, 2.24) is 15.0 Å². The molecule has 1 aromatic carbocycles. The van der Waals surface area contributed by atoms with E-state index in [1.54, 1.807) is 17.3 Å². The van der Waals surface area contributed by atoms with E-state index in [9.17, 15) is 4.79 Å². The molecule has 182 valence electrons. The highest BCUT2D eigenvalue weighted by molar-refractivity contribution is 6.02. The summed E-state index contributed by atoms with van der Waals surface area (Å²) in [5.41, 5.74) is 9.78. The van der Waals surface area contributed by atoms with Crippen molar-refractivity contribution in [1.29, 1.82) is 0 Å². The molecule has 9 heteroatoms. The Bertz CT molecular complexity index is 1150. The molecule has 3 N–H and O–H groups in total. The van der Waals surface area contributed by atoms with E-state index in [0.29, 0.717) is 17.3 Å². The van der Waals surface area contributed by atoms with Crippen LogP contribution in [0.3, 0.4) is 0 Å². The number of nitrogens with zero attached hydrogens (tertiary/aromatic N) is 5. The number of benzene rings is 1. The minimum Gasteiger partial charge on any atom is -0.396 e. The number of hydrogen-bond donors (Lipinski definition) is 2. The Hall–Kier alpha value is -3.72. The summed E-state index contributed by atoms with van der Waals surface area (Å²) in [5, 5.41) is 2.88. The molecule has 0 spiro atoms. The average Bonchev–Trinajstić information content (AvgIpc) is 2.92. The standard InChI is InChI=1S/C26H31N7O2/c27-22-9-10-23(19-5-4-8-21(17-19)32-13-15-35-16-14-32)30-25(22)33(20-6-2-1-3-7-20)26(34)31-24-18-28-11-12-29-24/h4-5,8-12,17-18,20H,1-3,6-7,13-16,27H2,(H,29,31,34). The first kappa shape index (κ1) is 23.0. The zero-order chi connectivity index (χ0) is 24.0. The molecule has 1 aliphatic heterocycles. The van der Waals surface area contributed by atoms with Crippen LogP contribution in [0.5, 0.6) is 0 Å². The third-order valence-corrected chi connectivity index (χ3v) is 6.61. The number of nitrogens with one attached hydrogen (secondary N) is 1. The van der Waals surface area contributed by atoms with Crippen molar-refractivity contribution in [2.45, 2.75) is 38.1 Å². The highest BCUT2D eigenvalue weighted by atomic mass is 16.5. The van der Waals surface area contributed by atoms with E-state index in [2.05, 4.69) is 32.3 Å². The topological polar surface area (TPSA) is 110 Å². The molecular formula is C26H31N7O2. The van der Waals surface area contributed by atoms with Gasteiger partial charge in [-0.1, -0.05) is 31.4 Å². The van der Waals surface area contributed by atoms with Crippen LogP contribution >= 0.6 is 0 Å². The molecule has 2 aliphatic rings. The number of rotatable bonds is 5. The van der Waals surface area contributed by atoms with Crippen LogP contribution in [-0.4, -0.2) is 53.3 Å². The predicted octanol–water partition coefficient (Wildman–Crippen LogP) is 4.33. The van der Waals surface area contributed by atoms with Crippen LogP contribution in [0.4, 0.5) is 27.8 Å². The normalized spacial score (nSPS) is 16.6. The Kier molecular flexibility index (Phi) is 7.04. The van der Waals surface area contributed by atoms with Gasteiger partial charge in [-0.15, -0.1) is 0 Å². The van der Waals surface area contributed by atoms with E-state index in [0.717, 1.165) is 68.9 Å². The first-order valence-corrected chi connectivity index (χ1v) is 12.2. The Balaban J connectivity index is 1.48. The molecule has 2 fully saturated rings. The van der Waals surface area contributed by atoms with Crippen LogP contribution in [-0.2, 0) is 4.74 Å². The quantitative estimate of drug-likeness (QED) is 0.568. The summed E-state index contributed by atoms with van der Waals surface area (Å²) in [5.74, 6) is 0.874. The first-order valence-electron chi connectivity index (χ1n) is 12.2. The molecule has 3 heterocycles. The van der Waals surface area contributed by atoms with Gasteiger partial charge in [0, 0.05) is 42.8 Å². The van der Waals surface area contributed by atoms with Gasteiger partial charge < -0.3 is 15.4 Å². The van der Waals surface area contributed by atoms with Crippen molar-refractivity contribution < 1.29 is 9.53 Å². The number of nitrogen functional groups attached to an aromatic ring is 1. The predicted molar refractivity (Wildman–Crippen MR) is 138 cm³/mol. The lowest BCUT2D eigenvalue weighted by molar-refractivity contribution is 0.122. The largest absolute Gasteiger partial charge is 0.396 e. The molecule has 3 aromatic rings. The van der Waals surface area contributed by atoms with Gasteiger partial charge in [-0.2, -0.15) is 0 Å². The number of carbonyl (C=O) groups excluding carboxylic acids is 1. The van der Waals surface area contributed by atoms with Gasteiger partial charge in [0.1, 0.15) is 0 Å². The lowest BCUT2D eigenvalue weighted by Gasteiger charge is -2.34. The number of pyridine rings is 1. The van der Waals surface area contributed by atoms with Crippen LogP contribution < -0.4 is 20.9 Å². The van der Waals surface area contributed by atoms with Gasteiger partial charge in [0.05, 0.1) is 30.8 Å². The molecule has 5 rings (SSSR count). The molecule has 0 unspecified atom stereocenters. The fraction of sp³-hybridized carbons (Fsp3) is 0.385. The zero-order valence-electron chi connectivity index (χ0n) is 19.8. The second kappa shape index (κ2) is 10.7. The second-order valence-electron chi connectivity index (χ2n) is 8.94. The molecule has 35 heavy (non-hydrogen) atoms. The number of morpholine rings is 1. The van der Waals surface area contributed by atoms with Crippen LogP contribution in [0.15, 0.2) is 55.0 Å². The van der Waals surface area contributed by atoms with Crippen LogP contribution in [0.2, 0.25) is 0 Å². The second-order valence-corrected chi connectivity index (χ2v) is 8.94. The van der Waals surface area contributed by atoms with Crippen molar-refractivity contribution in [3.63, 3.8) is 0 Å². The highest BCUT2D eigenvalue weighted by Gasteiger charge is 2.30. The van der Waals surface area contributed by atoms with E-state index in [1.165, 1.54) is 12.6 Å². The lowest BCUT2D eigenvalue weighted by atomic mass is 9.94. The number of urea groups is 1. The van der Waals surface area contributed by atoms with Gasteiger partial charge in [-0.25, -0.2) is 14.8 Å². The summed E-state index contributed by atoms with van der Waals surface area (Å²) in [6, 6.07) is 11.8. The fourth-order valence-electron chi connectivity index (χ4n) is 4.80. The van der Waals surface area contributed by atoms with E-state index >= 15 is 0 Å². The molecule has 0 bridgehead atoms. The highest BCUT2D eigenvalue weighted by Crippen LogP contribution is 2.33. The van der Waals surface area contributed by atoms with E-state index in [4.69, 9.17) is 15.5 Å². The Labute approximate surface area is 205 Å².